The van der Waals surface area contributed by atoms with Crippen LogP contribution in [0.15, 0.2) is 5.38 Å². The van der Waals surface area contributed by atoms with E-state index in [9.17, 15) is 0 Å². The van der Waals surface area contributed by atoms with Crippen molar-refractivity contribution in [2.45, 2.75) is 70.4 Å². The Kier molecular flexibility index (Phi) is 4.15. The van der Waals surface area contributed by atoms with Gasteiger partial charge in [-0.15, -0.1) is 11.3 Å². The smallest absolute Gasteiger partial charge is 0.115 e. The first-order valence-electron chi connectivity index (χ1n) is 8.43. The predicted octanol–water partition coefficient (Wildman–Crippen LogP) is 3.50. The summed E-state index contributed by atoms with van der Waals surface area (Å²) in [5.74, 6) is 0. The fraction of sp³-hybridized carbons (Fsp3) is 0.824. The molecule has 3 rings (SSSR count). The molecule has 0 amide bonds. The van der Waals surface area contributed by atoms with Crippen molar-refractivity contribution in [1.29, 1.82) is 0 Å². The van der Waals surface area contributed by atoms with Crippen molar-refractivity contribution >= 4 is 11.3 Å². The van der Waals surface area contributed by atoms with Crippen molar-refractivity contribution < 1.29 is 0 Å². The summed E-state index contributed by atoms with van der Waals surface area (Å²) in [5, 5.41) is 7.51. The van der Waals surface area contributed by atoms with E-state index in [1.807, 2.05) is 11.3 Å². The number of nitrogens with zero attached hydrogens (tertiary/aromatic N) is 2. The molecule has 0 aliphatic carbocycles. The maximum absolute atomic E-state index is 5.08. The lowest BCUT2D eigenvalue weighted by molar-refractivity contribution is 0.224. The van der Waals surface area contributed by atoms with E-state index in [-0.39, 0.29) is 11.0 Å². The largest absolute Gasteiger partial charge is 0.304 e. The van der Waals surface area contributed by atoms with Crippen molar-refractivity contribution in [3.05, 3.63) is 16.1 Å². The molecule has 21 heavy (non-hydrogen) atoms. The van der Waals surface area contributed by atoms with Gasteiger partial charge in [0.1, 0.15) is 5.01 Å². The first kappa shape index (κ1) is 15.4. The maximum Gasteiger partial charge on any atom is 0.115 e. The van der Waals surface area contributed by atoms with Crippen LogP contribution < -0.4 is 5.32 Å². The molecule has 2 atom stereocenters. The number of thiazole rings is 1. The van der Waals surface area contributed by atoms with Crippen LogP contribution in [0.25, 0.3) is 0 Å². The summed E-state index contributed by atoms with van der Waals surface area (Å²) in [7, 11) is 0. The third kappa shape index (κ3) is 2.66. The van der Waals surface area contributed by atoms with Gasteiger partial charge in [-0.25, -0.2) is 4.98 Å². The molecule has 2 unspecified atom stereocenters. The fourth-order valence-electron chi connectivity index (χ4n) is 3.84. The molecule has 118 valence electrons. The minimum absolute atomic E-state index is 0.112. The molecule has 2 fully saturated rings. The molecular formula is C17H29N3S. The topological polar surface area (TPSA) is 28.2 Å². The highest BCUT2D eigenvalue weighted by molar-refractivity contribution is 7.09. The second-order valence-corrected chi connectivity index (χ2v) is 8.49. The van der Waals surface area contributed by atoms with Gasteiger partial charge in [0.15, 0.2) is 0 Å². The minimum Gasteiger partial charge on any atom is -0.304 e. The van der Waals surface area contributed by atoms with Crippen LogP contribution in [0.5, 0.6) is 0 Å². The summed E-state index contributed by atoms with van der Waals surface area (Å²) in [4.78, 5) is 7.76. The van der Waals surface area contributed by atoms with Gasteiger partial charge in [-0.05, 0) is 38.8 Å². The average Bonchev–Trinajstić information content (AvgIpc) is 3.12. The van der Waals surface area contributed by atoms with Crippen LogP contribution in [0.2, 0.25) is 0 Å². The molecule has 1 N–H and O–H groups in total. The van der Waals surface area contributed by atoms with Gasteiger partial charge in [-0.3, -0.25) is 4.90 Å². The molecule has 2 aliphatic rings. The first-order valence-corrected chi connectivity index (χ1v) is 9.31. The van der Waals surface area contributed by atoms with Crippen molar-refractivity contribution in [2.75, 3.05) is 19.6 Å². The zero-order valence-electron chi connectivity index (χ0n) is 13.9. The Bertz CT molecular complexity index is 490. The number of nitrogens with one attached hydrogen (secondary N) is 1. The van der Waals surface area contributed by atoms with Crippen molar-refractivity contribution in [2.24, 2.45) is 0 Å². The molecule has 2 saturated heterocycles. The normalized spacial score (nSPS) is 30.0. The molecular weight excluding hydrogens is 278 g/mol. The number of hydrogen-bond donors (Lipinski definition) is 1. The van der Waals surface area contributed by atoms with E-state index in [4.69, 9.17) is 4.98 Å². The quantitative estimate of drug-likeness (QED) is 0.923. The van der Waals surface area contributed by atoms with E-state index in [1.165, 1.54) is 49.5 Å². The van der Waals surface area contributed by atoms with Crippen LogP contribution in [0.3, 0.4) is 0 Å². The van der Waals surface area contributed by atoms with Gasteiger partial charge >= 0.3 is 0 Å². The molecule has 4 heteroatoms. The standard InChI is InChI=1S/C17H29N3S/c1-5-9-18-17(8-11-20-10-6-7-14(17)20)15-19-13(12-21-15)16(2,3)4/h12,14,18H,5-11H2,1-4H3. The van der Waals surface area contributed by atoms with E-state index in [1.54, 1.807) is 0 Å². The molecule has 1 aromatic rings. The molecule has 0 bridgehead atoms. The molecule has 0 radical (unpaired) electrons. The summed E-state index contributed by atoms with van der Waals surface area (Å²) in [6.07, 6.45) is 5.07. The monoisotopic (exact) mass is 307 g/mol. The molecule has 3 nitrogen and oxygen atoms in total. The van der Waals surface area contributed by atoms with Crippen molar-refractivity contribution in [3.63, 3.8) is 0 Å². The van der Waals surface area contributed by atoms with E-state index < -0.39 is 0 Å². The second-order valence-electron chi connectivity index (χ2n) is 7.63. The van der Waals surface area contributed by atoms with Crippen LogP contribution in [0.1, 0.15) is 64.1 Å². The summed E-state index contributed by atoms with van der Waals surface area (Å²) in [6, 6.07) is 0.656. The van der Waals surface area contributed by atoms with Crippen LogP contribution in [0, 0.1) is 0 Å². The summed E-state index contributed by atoms with van der Waals surface area (Å²) < 4.78 is 0. The molecule has 0 spiro atoms. The van der Waals surface area contributed by atoms with Gasteiger partial charge in [0.05, 0.1) is 11.2 Å². The first-order chi connectivity index (χ1) is 9.97. The Morgan fingerprint density at radius 1 is 1.43 bits per heavy atom. The second kappa shape index (κ2) is 5.64. The summed E-state index contributed by atoms with van der Waals surface area (Å²) in [6.45, 7) is 12.6. The number of fused-ring (bicyclic) bond motifs is 1. The predicted molar refractivity (Wildman–Crippen MR) is 90.0 cm³/mol. The minimum atomic E-state index is 0.112. The van der Waals surface area contributed by atoms with Gasteiger partial charge in [0.25, 0.3) is 0 Å². The Hall–Kier alpha value is -0.450. The van der Waals surface area contributed by atoms with Gasteiger partial charge in [-0.1, -0.05) is 27.7 Å². The van der Waals surface area contributed by atoms with Crippen molar-refractivity contribution in [3.8, 4) is 0 Å². The molecule has 2 aliphatic heterocycles. The Morgan fingerprint density at radius 3 is 2.90 bits per heavy atom. The highest BCUT2D eigenvalue weighted by Gasteiger charge is 2.51. The molecule has 0 aromatic carbocycles. The lowest BCUT2D eigenvalue weighted by Crippen LogP contribution is -2.50. The van der Waals surface area contributed by atoms with Gasteiger partial charge in [0, 0.05) is 23.4 Å². The van der Waals surface area contributed by atoms with Crippen molar-refractivity contribution in [1.82, 2.24) is 15.2 Å². The number of rotatable bonds is 4. The van der Waals surface area contributed by atoms with E-state index in [0.717, 1.165) is 6.54 Å². The SMILES string of the molecule is CCCNC1(c2nc(C(C)(C)C)cs2)CCN2CCCC21. The lowest BCUT2D eigenvalue weighted by Gasteiger charge is -2.35. The van der Waals surface area contributed by atoms with E-state index in [2.05, 4.69) is 43.3 Å². The third-order valence-electron chi connectivity index (χ3n) is 5.07. The third-order valence-corrected chi connectivity index (χ3v) is 6.09. The summed E-state index contributed by atoms with van der Waals surface area (Å²) >= 11 is 1.87. The van der Waals surface area contributed by atoms with E-state index >= 15 is 0 Å². The van der Waals surface area contributed by atoms with Crippen LogP contribution in [0.4, 0.5) is 0 Å². The Balaban J connectivity index is 1.94. The number of hydrogen-bond acceptors (Lipinski definition) is 4. The average molecular weight is 308 g/mol. The van der Waals surface area contributed by atoms with E-state index in [0.29, 0.717) is 6.04 Å². The highest BCUT2D eigenvalue weighted by atomic mass is 32.1. The molecule has 0 saturated carbocycles. The van der Waals surface area contributed by atoms with Gasteiger partial charge < -0.3 is 5.32 Å². The fourth-order valence-corrected chi connectivity index (χ4v) is 5.14. The zero-order chi connectivity index (χ0) is 15.1. The Labute approximate surface area is 133 Å². The molecule has 1 aromatic heterocycles. The highest BCUT2D eigenvalue weighted by Crippen LogP contribution is 2.44. The van der Waals surface area contributed by atoms with Gasteiger partial charge in [-0.2, -0.15) is 0 Å². The van der Waals surface area contributed by atoms with Gasteiger partial charge in [0.2, 0.25) is 0 Å². The van der Waals surface area contributed by atoms with Crippen LogP contribution in [-0.2, 0) is 11.0 Å². The molecule has 3 heterocycles. The summed E-state index contributed by atoms with van der Waals surface area (Å²) in [5.41, 5.74) is 1.51. The number of aromatic nitrogens is 1. The van der Waals surface area contributed by atoms with Crippen LogP contribution in [-0.4, -0.2) is 35.6 Å². The maximum atomic E-state index is 5.08. The zero-order valence-corrected chi connectivity index (χ0v) is 14.7. The Morgan fingerprint density at radius 2 is 2.24 bits per heavy atom. The van der Waals surface area contributed by atoms with Crippen LogP contribution >= 0.6 is 11.3 Å². The lowest BCUT2D eigenvalue weighted by atomic mass is 9.88.